The van der Waals surface area contributed by atoms with E-state index in [1.807, 2.05) is 0 Å². The summed E-state index contributed by atoms with van der Waals surface area (Å²) >= 11 is 0. The van der Waals surface area contributed by atoms with Crippen LogP contribution in [0.4, 0.5) is 0 Å². The fraction of sp³-hybridized carbons (Fsp3) is 0.0556. The number of carbonyl (C=O) groups excluding carboxylic acids is 3. The SMILES string of the molecule is Cc1c(C=O)nnn1-c1cccc2c1C(=O)c1ccccc1C2=O. The highest BCUT2D eigenvalue weighted by Crippen LogP contribution is 2.31. The van der Waals surface area contributed by atoms with Crippen LogP contribution in [-0.2, 0) is 0 Å². The topological polar surface area (TPSA) is 81.9 Å². The maximum Gasteiger partial charge on any atom is 0.196 e. The highest BCUT2D eigenvalue weighted by Gasteiger charge is 2.32. The van der Waals surface area contributed by atoms with Crippen molar-refractivity contribution in [3.05, 3.63) is 76.1 Å². The molecule has 0 aliphatic heterocycles. The Morgan fingerprint density at radius 1 is 0.917 bits per heavy atom. The summed E-state index contributed by atoms with van der Waals surface area (Å²) in [6.07, 6.45) is 0.608. The lowest BCUT2D eigenvalue weighted by Gasteiger charge is -2.20. The predicted molar refractivity (Wildman–Crippen MR) is 84.8 cm³/mol. The van der Waals surface area contributed by atoms with E-state index < -0.39 is 0 Å². The summed E-state index contributed by atoms with van der Waals surface area (Å²) in [7, 11) is 0. The lowest BCUT2D eigenvalue weighted by molar-refractivity contribution is 0.0979. The summed E-state index contributed by atoms with van der Waals surface area (Å²) in [6, 6.07) is 11.8. The zero-order valence-corrected chi connectivity index (χ0v) is 12.7. The molecule has 1 aromatic heterocycles. The normalized spacial score (nSPS) is 12.7. The zero-order valence-electron chi connectivity index (χ0n) is 12.7. The number of carbonyl (C=O) groups is 3. The first kappa shape index (κ1) is 14.2. The summed E-state index contributed by atoms with van der Waals surface area (Å²) < 4.78 is 1.42. The van der Waals surface area contributed by atoms with Gasteiger partial charge in [-0.05, 0) is 13.0 Å². The highest BCUT2D eigenvalue weighted by atomic mass is 16.1. The lowest BCUT2D eigenvalue weighted by Crippen LogP contribution is -2.23. The number of hydrogen-bond donors (Lipinski definition) is 0. The van der Waals surface area contributed by atoms with E-state index in [1.165, 1.54) is 4.68 Å². The molecule has 3 aromatic rings. The van der Waals surface area contributed by atoms with Gasteiger partial charge in [0.25, 0.3) is 0 Å². The van der Waals surface area contributed by atoms with Crippen LogP contribution in [0.2, 0.25) is 0 Å². The van der Waals surface area contributed by atoms with E-state index in [1.54, 1.807) is 49.4 Å². The van der Waals surface area contributed by atoms with Crippen LogP contribution in [0.25, 0.3) is 5.69 Å². The molecule has 0 amide bonds. The second-order valence-electron chi connectivity index (χ2n) is 5.49. The van der Waals surface area contributed by atoms with Crippen molar-refractivity contribution in [3.63, 3.8) is 0 Å². The average molecular weight is 317 g/mol. The van der Waals surface area contributed by atoms with E-state index in [2.05, 4.69) is 10.3 Å². The highest BCUT2D eigenvalue weighted by molar-refractivity contribution is 6.29. The standard InChI is InChI=1S/C18H11N3O3/c1-10-14(9-22)19-20-21(10)15-8-4-7-13-16(15)18(24)12-6-3-2-5-11(12)17(13)23/h2-9H,1H3. The number of benzene rings is 2. The molecule has 2 aromatic carbocycles. The molecule has 0 spiro atoms. The Kier molecular flexibility index (Phi) is 2.99. The summed E-state index contributed by atoms with van der Waals surface area (Å²) in [5, 5.41) is 7.75. The Hall–Kier alpha value is -3.41. The van der Waals surface area contributed by atoms with Crippen molar-refractivity contribution < 1.29 is 14.4 Å². The number of rotatable bonds is 2. The first-order chi connectivity index (χ1) is 11.6. The Bertz CT molecular complexity index is 1030. The monoisotopic (exact) mass is 317 g/mol. The van der Waals surface area contributed by atoms with Gasteiger partial charge in [-0.2, -0.15) is 0 Å². The molecule has 0 radical (unpaired) electrons. The third kappa shape index (κ3) is 1.80. The van der Waals surface area contributed by atoms with Crippen molar-refractivity contribution >= 4 is 17.9 Å². The fourth-order valence-corrected chi connectivity index (χ4v) is 2.98. The number of fused-ring (bicyclic) bond motifs is 2. The molecule has 0 saturated heterocycles. The van der Waals surface area contributed by atoms with Crippen molar-refractivity contribution in [1.29, 1.82) is 0 Å². The smallest absolute Gasteiger partial charge is 0.196 e. The molecule has 116 valence electrons. The van der Waals surface area contributed by atoms with Gasteiger partial charge in [-0.1, -0.05) is 41.6 Å². The minimum Gasteiger partial charge on any atom is -0.296 e. The lowest BCUT2D eigenvalue weighted by atomic mass is 9.83. The number of ketones is 2. The summed E-state index contributed by atoms with van der Waals surface area (Å²) in [5.41, 5.74) is 2.54. The minimum absolute atomic E-state index is 0.197. The third-order valence-electron chi connectivity index (χ3n) is 4.20. The van der Waals surface area contributed by atoms with Gasteiger partial charge >= 0.3 is 0 Å². The molecule has 0 fully saturated rings. The molecule has 0 unspecified atom stereocenters. The van der Waals surface area contributed by atoms with Crippen molar-refractivity contribution in [2.75, 3.05) is 0 Å². The molecule has 24 heavy (non-hydrogen) atoms. The molecule has 0 N–H and O–H groups in total. The first-order valence-electron chi connectivity index (χ1n) is 7.32. The second-order valence-corrected chi connectivity index (χ2v) is 5.49. The molecule has 1 aliphatic carbocycles. The van der Waals surface area contributed by atoms with Crippen LogP contribution in [0.1, 0.15) is 48.0 Å². The predicted octanol–water partition coefficient (Wildman–Crippen LogP) is 2.16. The van der Waals surface area contributed by atoms with Crippen LogP contribution in [0, 0.1) is 6.92 Å². The van der Waals surface area contributed by atoms with Gasteiger partial charge in [-0.3, -0.25) is 14.4 Å². The van der Waals surface area contributed by atoms with Gasteiger partial charge in [-0.15, -0.1) is 5.10 Å². The van der Waals surface area contributed by atoms with Crippen LogP contribution in [0.3, 0.4) is 0 Å². The Morgan fingerprint density at radius 3 is 2.25 bits per heavy atom. The van der Waals surface area contributed by atoms with Gasteiger partial charge in [0.15, 0.2) is 17.9 Å². The van der Waals surface area contributed by atoms with Crippen LogP contribution in [-0.4, -0.2) is 32.8 Å². The van der Waals surface area contributed by atoms with Crippen LogP contribution >= 0.6 is 0 Å². The van der Waals surface area contributed by atoms with Crippen LogP contribution in [0.15, 0.2) is 42.5 Å². The van der Waals surface area contributed by atoms with Gasteiger partial charge in [0.05, 0.1) is 16.9 Å². The van der Waals surface area contributed by atoms with Gasteiger partial charge in [0, 0.05) is 16.7 Å². The van der Waals surface area contributed by atoms with Gasteiger partial charge < -0.3 is 0 Å². The minimum atomic E-state index is -0.238. The quantitative estimate of drug-likeness (QED) is 0.529. The van der Waals surface area contributed by atoms with Crippen molar-refractivity contribution in [3.8, 4) is 5.69 Å². The number of hydrogen-bond acceptors (Lipinski definition) is 5. The molecule has 0 atom stereocenters. The molecule has 0 bridgehead atoms. The van der Waals surface area contributed by atoms with Crippen molar-refractivity contribution in [2.24, 2.45) is 0 Å². The summed E-state index contributed by atoms with van der Waals surface area (Å²) in [4.78, 5) is 36.7. The Morgan fingerprint density at radius 2 is 1.58 bits per heavy atom. The largest absolute Gasteiger partial charge is 0.296 e. The fourth-order valence-electron chi connectivity index (χ4n) is 2.98. The summed E-state index contributed by atoms with van der Waals surface area (Å²) in [6.45, 7) is 1.69. The molecule has 6 heteroatoms. The summed E-state index contributed by atoms with van der Waals surface area (Å²) in [5.74, 6) is -0.436. The van der Waals surface area contributed by atoms with Crippen LogP contribution < -0.4 is 0 Å². The van der Waals surface area contributed by atoms with Gasteiger partial charge in [0.1, 0.15) is 5.69 Å². The maximum atomic E-state index is 13.0. The van der Waals surface area contributed by atoms with E-state index in [-0.39, 0.29) is 22.8 Å². The van der Waals surface area contributed by atoms with E-state index in [0.29, 0.717) is 34.4 Å². The number of aldehydes is 1. The zero-order chi connectivity index (χ0) is 16.8. The number of nitrogens with zero attached hydrogens (tertiary/aromatic N) is 3. The second kappa shape index (κ2) is 5.06. The Balaban J connectivity index is 2.01. The van der Waals surface area contributed by atoms with E-state index in [0.717, 1.165) is 0 Å². The average Bonchev–Trinajstić information content (AvgIpc) is 2.99. The van der Waals surface area contributed by atoms with Gasteiger partial charge in [-0.25, -0.2) is 4.68 Å². The third-order valence-corrected chi connectivity index (χ3v) is 4.20. The number of aromatic nitrogens is 3. The molecule has 0 saturated carbocycles. The maximum absolute atomic E-state index is 13.0. The van der Waals surface area contributed by atoms with E-state index in [4.69, 9.17) is 0 Å². The molecule has 1 aliphatic rings. The Labute approximate surface area is 136 Å². The molecular formula is C18H11N3O3. The molecule has 1 heterocycles. The molecule has 4 rings (SSSR count). The van der Waals surface area contributed by atoms with E-state index >= 15 is 0 Å². The molecular weight excluding hydrogens is 306 g/mol. The van der Waals surface area contributed by atoms with Crippen LogP contribution in [0.5, 0.6) is 0 Å². The van der Waals surface area contributed by atoms with E-state index in [9.17, 15) is 14.4 Å². The van der Waals surface area contributed by atoms with Crippen molar-refractivity contribution in [1.82, 2.24) is 15.0 Å². The van der Waals surface area contributed by atoms with Gasteiger partial charge in [0.2, 0.25) is 0 Å². The van der Waals surface area contributed by atoms with Crippen molar-refractivity contribution in [2.45, 2.75) is 6.92 Å². The first-order valence-corrected chi connectivity index (χ1v) is 7.32. The molecule has 6 nitrogen and oxygen atoms in total.